The summed E-state index contributed by atoms with van der Waals surface area (Å²) < 4.78 is 0. The van der Waals surface area contributed by atoms with Crippen LogP contribution in [-0.2, 0) is 6.54 Å². The molecule has 0 bridgehead atoms. The van der Waals surface area contributed by atoms with Gasteiger partial charge >= 0.3 is 0 Å². The monoisotopic (exact) mass is 230 g/mol. The van der Waals surface area contributed by atoms with Gasteiger partial charge in [0.05, 0.1) is 14.1 Å². The number of rotatable bonds is 5. The molecule has 0 aliphatic heterocycles. The molecule has 0 aliphatic carbocycles. The van der Waals surface area contributed by atoms with Crippen molar-refractivity contribution in [1.82, 2.24) is 0 Å². The Kier molecular flexibility index (Phi) is 4.88. The van der Waals surface area contributed by atoms with Gasteiger partial charge in [0, 0.05) is 10.6 Å². The molecule has 0 spiro atoms. The van der Waals surface area contributed by atoms with Crippen molar-refractivity contribution in [2.45, 2.75) is 6.54 Å². The van der Waals surface area contributed by atoms with Gasteiger partial charge in [-0.1, -0.05) is 11.6 Å². The number of nitrogens with two attached hydrogens (primary N) is 1. The van der Waals surface area contributed by atoms with Crippen LogP contribution in [0.4, 0.5) is 0 Å². The van der Waals surface area contributed by atoms with Crippen LogP contribution in [0.15, 0.2) is 18.2 Å². The molecule has 0 radical (unpaired) electrons. The molecule has 0 aliphatic rings. The number of halogens is 1. The minimum absolute atomic E-state index is 0.327. The van der Waals surface area contributed by atoms with Crippen molar-refractivity contribution in [1.29, 1.82) is 0 Å². The molecule has 0 amide bonds. The van der Waals surface area contributed by atoms with E-state index in [0.717, 1.165) is 25.2 Å². The maximum atomic E-state index is 9.56. The fourth-order valence-corrected chi connectivity index (χ4v) is 1.56. The first-order chi connectivity index (χ1) is 7.09. The summed E-state index contributed by atoms with van der Waals surface area (Å²) in [5.41, 5.74) is 0.899. The van der Waals surface area contributed by atoms with E-state index in [2.05, 4.69) is 19.4 Å². The van der Waals surface area contributed by atoms with E-state index in [9.17, 15) is 5.11 Å². The van der Waals surface area contributed by atoms with Crippen LogP contribution in [0.25, 0.3) is 0 Å². The molecular weight excluding hydrogens is 212 g/mol. The molecule has 3 nitrogen and oxygen atoms in total. The van der Waals surface area contributed by atoms with Crippen LogP contribution in [0, 0.1) is 0 Å². The quantitative estimate of drug-likeness (QED) is 0.573. The van der Waals surface area contributed by atoms with E-state index >= 15 is 0 Å². The van der Waals surface area contributed by atoms with Crippen LogP contribution in [0.5, 0.6) is 5.75 Å². The molecule has 1 aromatic rings. The third-order valence-corrected chi connectivity index (χ3v) is 2.49. The molecule has 0 aromatic heterocycles. The van der Waals surface area contributed by atoms with Crippen LogP contribution < -0.4 is 10.2 Å². The van der Waals surface area contributed by atoms with E-state index < -0.39 is 0 Å². The Morgan fingerprint density at radius 1 is 1.40 bits per heavy atom. The van der Waals surface area contributed by atoms with Crippen LogP contribution in [-0.4, -0.2) is 32.3 Å². The Balaban J connectivity index is 2.40. The van der Waals surface area contributed by atoms with Crippen LogP contribution in [0.3, 0.4) is 0 Å². The normalized spacial score (nSPS) is 10.9. The van der Waals surface area contributed by atoms with E-state index in [-0.39, 0.29) is 0 Å². The maximum absolute atomic E-state index is 9.56. The highest BCUT2D eigenvalue weighted by molar-refractivity contribution is 6.30. The minimum Gasteiger partial charge on any atom is -0.507 e. The van der Waals surface area contributed by atoms with Gasteiger partial charge in [0.25, 0.3) is 0 Å². The second kappa shape index (κ2) is 5.95. The first-order valence-corrected chi connectivity index (χ1v) is 5.55. The van der Waals surface area contributed by atoms with Gasteiger partial charge in [-0.2, -0.15) is 0 Å². The zero-order chi connectivity index (χ0) is 11.3. The molecule has 0 heterocycles. The molecule has 1 aromatic carbocycles. The summed E-state index contributed by atoms with van der Waals surface area (Å²) in [6, 6.07) is 5.16. The van der Waals surface area contributed by atoms with Gasteiger partial charge in [-0.05, 0) is 18.2 Å². The second-order valence-corrected chi connectivity index (χ2v) is 4.45. The largest absolute Gasteiger partial charge is 0.507 e. The Morgan fingerprint density at radius 2 is 2.13 bits per heavy atom. The summed E-state index contributed by atoms with van der Waals surface area (Å²) in [6.45, 7) is 2.94. The number of phenolic OH excluding ortho intramolecular Hbond substituents is 1. The molecule has 4 heteroatoms. The fourth-order valence-electron chi connectivity index (χ4n) is 1.37. The van der Waals surface area contributed by atoms with E-state index in [4.69, 9.17) is 11.6 Å². The first kappa shape index (κ1) is 12.3. The molecule has 4 N–H and O–H groups in total. The zero-order valence-corrected chi connectivity index (χ0v) is 10.0. The number of phenols is 1. The molecule has 15 heavy (non-hydrogen) atoms. The Morgan fingerprint density at radius 3 is 2.80 bits per heavy atom. The summed E-state index contributed by atoms with van der Waals surface area (Å²) >= 11 is 5.85. The van der Waals surface area contributed by atoms with Gasteiger partial charge in [-0.25, -0.2) is 0 Å². The lowest BCUT2D eigenvalue weighted by Crippen LogP contribution is -3.09. The van der Waals surface area contributed by atoms with Crippen molar-refractivity contribution < 1.29 is 15.3 Å². The smallest absolute Gasteiger partial charge is 0.126 e. The molecule has 0 atom stereocenters. The zero-order valence-electron chi connectivity index (χ0n) is 9.26. The molecule has 1 rings (SSSR count). The lowest BCUT2D eigenvalue weighted by molar-refractivity contribution is -0.875. The van der Waals surface area contributed by atoms with Crippen LogP contribution in [0.1, 0.15) is 5.56 Å². The van der Waals surface area contributed by atoms with Gasteiger partial charge in [0.1, 0.15) is 25.4 Å². The summed E-state index contributed by atoms with van der Waals surface area (Å²) in [5.74, 6) is 0.327. The Bertz CT molecular complexity index is 315. The number of hydrogen-bond donors (Lipinski definition) is 3. The predicted molar refractivity (Wildman–Crippen MR) is 61.3 cm³/mol. The number of aromatic hydroxyl groups is 1. The molecule has 0 saturated heterocycles. The van der Waals surface area contributed by atoms with Crippen molar-refractivity contribution in [3.63, 3.8) is 0 Å². The van der Waals surface area contributed by atoms with Crippen molar-refractivity contribution in [2.75, 3.05) is 27.2 Å². The SMILES string of the molecule is C[NH+](C)CC[NH2+]Cc1cc(Cl)ccc1O. The van der Waals surface area contributed by atoms with E-state index in [1.165, 1.54) is 4.90 Å². The van der Waals surface area contributed by atoms with Crippen molar-refractivity contribution in [3.05, 3.63) is 28.8 Å². The Labute approximate surface area is 95.7 Å². The number of hydrogen-bond acceptors (Lipinski definition) is 1. The molecular formula is C11H19ClN2O+2. The van der Waals surface area contributed by atoms with Crippen LogP contribution >= 0.6 is 11.6 Å². The molecule has 0 unspecified atom stereocenters. The summed E-state index contributed by atoms with van der Waals surface area (Å²) in [5, 5.41) is 12.4. The Hall–Kier alpha value is -0.770. The van der Waals surface area contributed by atoms with Gasteiger partial charge in [0.2, 0.25) is 0 Å². The average molecular weight is 231 g/mol. The van der Waals surface area contributed by atoms with Gasteiger partial charge < -0.3 is 15.3 Å². The van der Waals surface area contributed by atoms with E-state index in [1.54, 1.807) is 12.1 Å². The van der Waals surface area contributed by atoms with E-state index in [0.29, 0.717) is 10.8 Å². The van der Waals surface area contributed by atoms with Crippen LogP contribution in [0.2, 0.25) is 5.02 Å². The van der Waals surface area contributed by atoms with Gasteiger partial charge in [-0.15, -0.1) is 0 Å². The van der Waals surface area contributed by atoms with E-state index in [1.807, 2.05) is 6.07 Å². The fraction of sp³-hybridized carbons (Fsp3) is 0.455. The van der Waals surface area contributed by atoms with Gasteiger partial charge in [-0.3, -0.25) is 0 Å². The maximum Gasteiger partial charge on any atom is 0.126 e. The topological polar surface area (TPSA) is 41.3 Å². The third-order valence-electron chi connectivity index (χ3n) is 2.25. The van der Waals surface area contributed by atoms with Crippen molar-refractivity contribution in [2.24, 2.45) is 0 Å². The molecule has 84 valence electrons. The highest BCUT2D eigenvalue weighted by Crippen LogP contribution is 2.20. The number of benzene rings is 1. The van der Waals surface area contributed by atoms with Gasteiger partial charge in [0.15, 0.2) is 0 Å². The summed E-state index contributed by atoms with van der Waals surface area (Å²) in [4.78, 5) is 1.43. The first-order valence-electron chi connectivity index (χ1n) is 5.17. The van der Waals surface area contributed by atoms with Crippen molar-refractivity contribution >= 4 is 11.6 Å². The molecule has 0 saturated carbocycles. The summed E-state index contributed by atoms with van der Waals surface area (Å²) in [6.07, 6.45) is 0. The summed E-state index contributed by atoms with van der Waals surface area (Å²) in [7, 11) is 4.26. The lowest BCUT2D eigenvalue weighted by atomic mass is 10.2. The highest BCUT2D eigenvalue weighted by atomic mass is 35.5. The average Bonchev–Trinajstić information content (AvgIpc) is 2.17. The standard InChI is InChI=1S/C11H17ClN2O/c1-14(2)6-5-13-8-9-7-10(12)3-4-11(9)15/h3-4,7,13,15H,5-6,8H2,1-2H3/p+2. The molecule has 0 fully saturated rings. The second-order valence-electron chi connectivity index (χ2n) is 4.01. The predicted octanol–water partition coefficient (Wildman–Crippen LogP) is -0.746. The number of quaternary nitrogens is 2. The number of nitrogens with one attached hydrogen (secondary N) is 1. The highest BCUT2D eigenvalue weighted by Gasteiger charge is 2.04. The lowest BCUT2D eigenvalue weighted by Gasteiger charge is -2.07. The van der Waals surface area contributed by atoms with Crippen molar-refractivity contribution in [3.8, 4) is 5.75 Å². The minimum atomic E-state index is 0.327. The third kappa shape index (κ3) is 4.51. The number of likely N-dealkylation sites (N-methyl/N-ethyl adjacent to an activating group) is 1.